The number of amides is 3. The van der Waals surface area contributed by atoms with Gasteiger partial charge in [0.15, 0.2) is 0 Å². The van der Waals surface area contributed by atoms with Crippen LogP contribution in [0.15, 0.2) is 23.6 Å². The molecule has 1 unspecified atom stereocenters. The van der Waals surface area contributed by atoms with Gasteiger partial charge in [0.05, 0.1) is 17.9 Å². The maximum absolute atomic E-state index is 13.2. The van der Waals surface area contributed by atoms with Crippen molar-refractivity contribution in [3.05, 3.63) is 28.5 Å². The Morgan fingerprint density at radius 3 is 2.29 bits per heavy atom. The van der Waals surface area contributed by atoms with Crippen LogP contribution in [0.3, 0.4) is 0 Å². The Labute approximate surface area is 188 Å². The van der Waals surface area contributed by atoms with Gasteiger partial charge in [-0.1, -0.05) is 39.8 Å². The summed E-state index contributed by atoms with van der Waals surface area (Å²) < 4.78 is 0. The lowest BCUT2D eigenvalue weighted by molar-refractivity contribution is -0.148. The van der Waals surface area contributed by atoms with Gasteiger partial charge in [0.1, 0.15) is 0 Å². The number of nitrogens with two attached hydrogens (primary N) is 1. The molecule has 0 aliphatic carbocycles. The third-order valence-corrected chi connectivity index (χ3v) is 5.50. The fraction of sp³-hybridized carbons (Fsp3) is 0.591. The van der Waals surface area contributed by atoms with Crippen LogP contribution >= 0.6 is 11.3 Å². The van der Waals surface area contributed by atoms with Crippen molar-refractivity contribution < 1.29 is 19.6 Å². The molecule has 31 heavy (non-hydrogen) atoms. The van der Waals surface area contributed by atoms with Crippen LogP contribution in [0.25, 0.3) is 6.08 Å². The average Bonchev–Trinajstić information content (AvgIpc) is 3.21. The van der Waals surface area contributed by atoms with Gasteiger partial charge in [-0.05, 0) is 49.1 Å². The summed E-state index contributed by atoms with van der Waals surface area (Å²) in [7, 11) is 0. The molecule has 1 aromatic rings. The number of allylic oxidation sites excluding steroid dienone is 1. The summed E-state index contributed by atoms with van der Waals surface area (Å²) in [6.45, 7) is 9.62. The largest absolute Gasteiger partial charge is 0.320 e. The Bertz CT molecular complexity index is 732. The zero-order valence-corrected chi connectivity index (χ0v) is 19.8. The van der Waals surface area contributed by atoms with Crippen molar-refractivity contribution >= 4 is 35.1 Å². The second-order valence-electron chi connectivity index (χ2n) is 8.58. The van der Waals surface area contributed by atoms with E-state index in [9.17, 15) is 19.6 Å². The fourth-order valence-corrected chi connectivity index (χ4v) is 3.88. The van der Waals surface area contributed by atoms with E-state index >= 15 is 0 Å². The number of nitrogens with zero attached hydrogens (tertiary/aromatic N) is 1. The van der Waals surface area contributed by atoms with E-state index in [1.54, 1.807) is 23.7 Å². The lowest BCUT2D eigenvalue weighted by atomic mass is 9.82. The van der Waals surface area contributed by atoms with Crippen LogP contribution in [0.1, 0.15) is 52.3 Å². The maximum atomic E-state index is 13.2. The third kappa shape index (κ3) is 9.20. The zero-order valence-electron chi connectivity index (χ0n) is 19.0. The van der Waals surface area contributed by atoms with E-state index in [1.807, 2.05) is 57.4 Å². The van der Waals surface area contributed by atoms with Gasteiger partial charge < -0.3 is 5.73 Å². The van der Waals surface area contributed by atoms with E-state index in [2.05, 4.69) is 5.43 Å². The molecule has 0 aliphatic rings. The molecule has 0 saturated heterocycles. The van der Waals surface area contributed by atoms with Gasteiger partial charge in [-0.15, -0.1) is 11.3 Å². The first-order valence-electron chi connectivity index (χ1n) is 10.6. The van der Waals surface area contributed by atoms with Crippen molar-refractivity contribution in [2.45, 2.75) is 53.5 Å². The lowest BCUT2D eigenvalue weighted by Gasteiger charge is -2.31. The Balaban J connectivity index is 3.11. The first-order valence-corrected chi connectivity index (χ1v) is 11.5. The first-order chi connectivity index (χ1) is 14.6. The molecule has 1 aromatic heterocycles. The summed E-state index contributed by atoms with van der Waals surface area (Å²) in [5.74, 6) is -2.78. The van der Waals surface area contributed by atoms with Crippen LogP contribution < -0.4 is 16.6 Å². The second kappa shape index (κ2) is 13.2. The Kier molecular flexibility index (Phi) is 11.4. The first kappa shape index (κ1) is 26.8. The quantitative estimate of drug-likeness (QED) is 0.303. The number of hydrazine groups is 1. The standard InChI is InChI=1S/C22H36N4O4S/c1-14(2)12-19(20(27)24-26(13-15(3)4)22(29)16(5)23)18(21(28)25-30)10-6-8-17-9-7-11-31-17/h6-9,11,14-16,18-19,30H,10,12-13,23H2,1-5H3,(H,24,27)(H,25,28)/t16-,18?,19-/m1/s1. The second-order valence-corrected chi connectivity index (χ2v) is 9.56. The van der Waals surface area contributed by atoms with E-state index < -0.39 is 35.6 Å². The minimum absolute atomic E-state index is 0.108. The lowest BCUT2D eigenvalue weighted by Crippen LogP contribution is -2.55. The summed E-state index contributed by atoms with van der Waals surface area (Å²) >= 11 is 1.56. The molecule has 5 N–H and O–H groups in total. The molecule has 0 saturated carbocycles. The van der Waals surface area contributed by atoms with E-state index in [-0.39, 0.29) is 18.3 Å². The molecule has 1 heterocycles. The fourth-order valence-electron chi connectivity index (χ4n) is 3.23. The molecule has 0 radical (unpaired) electrons. The molecular weight excluding hydrogens is 416 g/mol. The van der Waals surface area contributed by atoms with Gasteiger partial charge >= 0.3 is 0 Å². The molecule has 0 bridgehead atoms. The van der Waals surface area contributed by atoms with Crippen LogP contribution in [0.5, 0.6) is 0 Å². The Morgan fingerprint density at radius 2 is 1.81 bits per heavy atom. The average molecular weight is 453 g/mol. The van der Waals surface area contributed by atoms with Crippen molar-refractivity contribution in [1.29, 1.82) is 0 Å². The normalized spacial score (nSPS) is 14.5. The zero-order chi connectivity index (χ0) is 23.6. The number of nitrogens with one attached hydrogen (secondary N) is 2. The summed E-state index contributed by atoms with van der Waals surface area (Å²) in [5, 5.41) is 12.5. The Hall–Kier alpha value is -2.23. The maximum Gasteiger partial charge on any atom is 0.257 e. The topological polar surface area (TPSA) is 125 Å². The van der Waals surface area contributed by atoms with Crippen molar-refractivity contribution in [3.8, 4) is 0 Å². The highest BCUT2D eigenvalue weighted by Crippen LogP contribution is 2.26. The van der Waals surface area contributed by atoms with Crippen molar-refractivity contribution in [3.63, 3.8) is 0 Å². The van der Waals surface area contributed by atoms with Gasteiger partial charge in [0.2, 0.25) is 11.8 Å². The van der Waals surface area contributed by atoms with E-state index in [0.29, 0.717) is 13.0 Å². The van der Waals surface area contributed by atoms with Crippen molar-refractivity contribution in [2.24, 2.45) is 29.4 Å². The van der Waals surface area contributed by atoms with E-state index in [1.165, 1.54) is 5.01 Å². The highest BCUT2D eigenvalue weighted by Gasteiger charge is 2.35. The summed E-state index contributed by atoms with van der Waals surface area (Å²) in [6.07, 6.45) is 4.39. The number of thiophene rings is 1. The minimum atomic E-state index is -0.796. The Morgan fingerprint density at radius 1 is 1.13 bits per heavy atom. The molecule has 8 nitrogen and oxygen atoms in total. The highest BCUT2D eigenvalue weighted by atomic mass is 32.1. The number of hydrogen-bond acceptors (Lipinski definition) is 6. The predicted molar refractivity (Wildman–Crippen MR) is 123 cm³/mol. The number of carbonyl (C=O) groups excluding carboxylic acids is 3. The molecule has 0 fully saturated rings. The molecule has 0 spiro atoms. The van der Waals surface area contributed by atoms with E-state index in [4.69, 9.17) is 5.73 Å². The molecule has 3 atom stereocenters. The van der Waals surface area contributed by atoms with Gasteiger partial charge in [-0.25, -0.2) is 5.48 Å². The van der Waals surface area contributed by atoms with Crippen molar-refractivity contribution in [1.82, 2.24) is 15.9 Å². The third-order valence-electron chi connectivity index (χ3n) is 4.66. The van der Waals surface area contributed by atoms with Crippen LogP contribution in [0, 0.1) is 23.7 Å². The molecule has 0 aliphatic heterocycles. The molecule has 3 amide bonds. The van der Waals surface area contributed by atoms with Gasteiger partial charge in [0, 0.05) is 11.4 Å². The number of carbonyl (C=O) groups is 3. The smallest absolute Gasteiger partial charge is 0.257 e. The number of rotatable bonds is 11. The SMILES string of the molecule is CC(C)C[C@@H](C(=O)NN(CC(C)C)C(=O)[C@@H](C)N)C(CC=Cc1cccs1)C(=O)NO. The number of hydroxylamine groups is 1. The summed E-state index contributed by atoms with van der Waals surface area (Å²) in [6, 6.07) is 3.10. The predicted octanol–water partition coefficient (Wildman–Crippen LogP) is 2.80. The van der Waals surface area contributed by atoms with Crippen LogP contribution in [0.2, 0.25) is 0 Å². The van der Waals surface area contributed by atoms with Crippen molar-refractivity contribution in [2.75, 3.05) is 6.54 Å². The van der Waals surface area contributed by atoms with Gasteiger partial charge in [0.25, 0.3) is 5.91 Å². The van der Waals surface area contributed by atoms with Crippen LogP contribution in [0.4, 0.5) is 0 Å². The molecule has 0 aromatic carbocycles. The molecule has 174 valence electrons. The molecule has 1 rings (SSSR count). The molecule has 9 heteroatoms. The molecular formula is C22H36N4O4S. The minimum Gasteiger partial charge on any atom is -0.320 e. The van der Waals surface area contributed by atoms with E-state index in [0.717, 1.165) is 4.88 Å². The van der Waals surface area contributed by atoms with Gasteiger partial charge in [-0.3, -0.25) is 30.0 Å². The van der Waals surface area contributed by atoms with Gasteiger partial charge in [-0.2, -0.15) is 0 Å². The number of hydrogen-bond donors (Lipinski definition) is 4. The summed E-state index contributed by atoms with van der Waals surface area (Å²) in [4.78, 5) is 39.2. The summed E-state index contributed by atoms with van der Waals surface area (Å²) in [5.41, 5.74) is 10.1. The monoisotopic (exact) mass is 452 g/mol. The van der Waals surface area contributed by atoms with Crippen LogP contribution in [-0.2, 0) is 14.4 Å². The highest BCUT2D eigenvalue weighted by molar-refractivity contribution is 7.10. The van der Waals surface area contributed by atoms with Crippen LogP contribution in [-0.4, -0.2) is 40.5 Å².